The second-order valence-corrected chi connectivity index (χ2v) is 6.28. The lowest BCUT2D eigenvalue weighted by atomic mass is 10.1. The second-order valence-electron chi connectivity index (χ2n) is 6.28. The summed E-state index contributed by atoms with van der Waals surface area (Å²) in [7, 11) is 0. The van der Waals surface area contributed by atoms with Crippen LogP contribution in [0.15, 0.2) is 29.1 Å². The van der Waals surface area contributed by atoms with E-state index in [0.717, 1.165) is 30.3 Å². The van der Waals surface area contributed by atoms with Crippen molar-refractivity contribution in [2.75, 3.05) is 13.2 Å². The Morgan fingerprint density at radius 2 is 1.79 bits per heavy atom. The number of hydrogen-bond acceptors (Lipinski definition) is 3. The first-order valence-electron chi connectivity index (χ1n) is 8.76. The van der Waals surface area contributed by atoms with Crippen LogP contribution < -0.4 is 11.0 Å². The number of rotatable bonds is 6. The average Bonchev–Trinajstić information content (AvgIpc) is 2.86. The van der Waals surface area contributed by atoms with Gasteiger partial charge >= 0.3 is 5.69 Å². The molecule has 6 nitrogen and oxygen atoms in total. The minimum absolute atomic E-state index is 0.00104. The molecule has 0 bridgehead atoms. The Bertz CT molecular complexity index is 756. The molecule has 1 aromatic heterocycles. The van der Waals surface area contributed by atoms with Crippen molar-refractivity contribution in [2.24, 2.45) is 0 Å². The van der Waals surface area contributed by atoms with Crippen molar-refractivity contribution in [2.45, 2.75) is 51.7 Å². The number of nitrogens with zero attached hydrogens (tertiary/aromatic N) is 2. The number of nitrogens with one attached hydrogen (secondary N) is 1. The van der Waals surface area contributed by atoms with Crippen molar-refractivity contribution in [1.82, 2.24) is 14.5 Å². The van der Waals surface area contributed by atoms with Crippen molar-refractivity contribution >= 4 is 16.9 Å². The molecule has 0 radical (unpaired) electrons. The van der Waals surface area contributed by atoms with Crippen LogP contribution in [-0.4, -0.2) is 34.3 Å². The van der Waals surface area contributed by atoms with Gasteiger partial charge in [0.2, 0.25) is 5.91 Å². The van der Waals surface area contributed by atoms with Gasteiger partial charge in [0.1, 0.15) is 0 Å². The van der Waals surface area contributed by atoms with Crippen molar-refractivity contribution in [3.8, 4) is 0 Å². The van der Waals surface area contributed by atoms with E-state index in [1.807, 2.05) is 24.3 Å². The number of carbonyl (C=O) groups is 1. The van der Waals surface area contributed by atoms with Gasteiger partial charge in [0.25, 0.3) is 0 Å². The lowest BCUT2D eigenvalue weighted by Crippen LogP contribution is -2.39. The monoisotopic (exact) mass is 331 g/mol. The van der Waals surface area contributed by atoms with Crippen LogP contribution in [0.4, 0.5) is 0 Å². The predicted molar refractivity (Wildman–Crippen MR) is 93.1 cm³/mol. The molecule has 1 N–H and O–H groups in total. The first kappa shape index (κ1) is 16.8. The molecule has 0 saturated carbocycles. The van der Waals surface area contributed by atoms with Crippen LogP contribution in [0.2, 0.25) is 0 Å². The highest BCUT2D eigenvalue weighted by molar-refractivity contribution is 5.78. The van der Waals surface area contributed by atoms with Crippen molar-refractivity contribution in [3.05, 3.63) is 34.7 Å². The van der Waals surface area contributed by atoms with Crippen molar-refractivity contribution < 1.29 is 9.53 Å². The zero-order chi connectivity index (χ0) is 16.9. The Morgan fingerprint density at radius 1 is 1.17 bits per heavy atom. The third kappa shape index (κ3) is 3.53. The topological polar surface area (TPSA) is 65.3 Å². The fourth-order valence-electron chi connectivity index (χ4n) is 3.28. The number of aromatic nitrogens is 2. The number of aryl methyl sites for hydroxylation is 2. The first-order valence-corrected chi connectivity index (χ1v) is 8.76. The van der Waals surface area contributed by atoms with Crippen molar-refractivity contribution in [1.29, 1.82) is 0 Å². The highest BCUT2D eigenvalue weighted by Crippen LogP contribution is 2.14. The number of ether oxygens (including phenoxy) is 1. The van der Waals surface area contributed by atoms with Gasteiger partial charge in [-0.25, -0.2) is 4.79 Å². The summed E-state index contributed by atoms with van der Waals surface area (Å²) in [6.07, 6.45) is 2.94. The van der Waals surface area contributed by atoms with E-state index in [0.29, 0.717) is 32.7 Å². The summed E-state index contributed by atoms with van der Waals surface area (Å²) in [5.41, 5.74) is 1.81. The summed E-state index contributed by atoms with van der Waals surface area (Å²) in [5, 5.41) is 3.05. The lowest BCUT2D eigenvalue weighted by Gasteiger charge is -2.23. The molecule has 1 saturated heterocycles. The standard InChI is InChI=1S/C18H25N3O3/c1-2-10-20-15-5-3-4-6-16(15)21(18(20)23)11-7-17(22)19-14-8-12-24-13-9-14/h3-6,14H,2,7-13H2,1H3,(H,19,22). The fourth-order valence-corrected chi connectivity index (χ4v) is 3.28. The molecule has 6 heteroatoms. The highest BCUT2D eigenvalue weighted by atomic mass is 16.5. The Hall–Kier alpha value is -2.08. The summed E-state index contributed by atoms with van der Waals surface area (Å²) < 4.78 is 8.81. The van der Waals surface area contributed by atoms with Crippen LogP contribution >= 0.6 is 0 Å². The summed E-state index contributed by atoms with van der Waals surface area (Å²) in [5.74, 6) is 0.00104. The van der Waals surface area contributed by atoms with Crippen LogP contribution in [0.3, 0.4) is 0 Å². The van der Waals surface area contributed by atoms with Crippen LogP contribution in [0, 0.1) is 0 Å². The van der Waals surface area contributed by atoms with Crippen LogP contribution in [0.5, 0.6) is 0 Å². The Labute approximate surface area is 141 Å². The zero-order valence-corrected chi connectivity index (χ0v) is 14.2. The molecule has 2 heterocycles. The molecule has 1 aliphatic rings. The number of imidazole rings is 1. The molecule has 0 atom stereocenters. The largest absolute Gasteiger partial charge is 0.381 e. The van der Waals surface area contributed by atoms with Gasteiger partial charge in [-0.05, 0) is 31.4 Å². The van der Waals surface area contributed by atoms with E-state index in [2.05, 4.69) is 12.2 Å². The molecular formula is C18H25N3O3. The third-order valence-corrected chi connectivity index (χ3v) is 4.52. The number of para-hydroxylation sites is 2. The first-order chi connectivity index (χ1) is 11.7. The average molecular weight is 331 g/mol. The van der Waals surface area contributed by atoms with Gasteiger partial charge < -0.3 is 10.1 Å². The minimum Gasteiger partial charge on any atom is -0.381 e. The summed E-state index contributed by atoms with van der Waals surface area (Å²) in [4.78, 5) is 24.8. The zero-order valence-electron chi connectivity index (χ0n) is 14.2. The smallest absolute Gasteiger partial charge is 0.329 e. The Morgan fingerprint density at radius 3 is 2.42 bits per heavy atom. The van der Waals surface area contributed by atoms with E-state index in [9.17, 15) is 9.59 Å². The number of benzene rings is 1. The number of hydrogen-bond donors (Lipinski definition) is 1. The van der Waals surface area contributed by atoms with E-state index in [1.54, 1.807) is 9.13 Å². The second kappa shape index (κ2) is 7.66. The third-order valence-electron chi connectivity index (χ3n) is 4.52. The molecule has 0 unspecified atom stereocenters. The normalized spacial score (nSPS) is 15.7. The molecule has 1 fully saturated rings. The van der Waals surface area contributed by atoms with Crippen molar-refractivity contribution in [3.63, 3.8) is 0 Å². The molecular weight excluding hydrogens is 306 g/mol. The summed E-state index contributed by atoms with van der Waals surface area (Å²) in [6, 6.07) is 7.97. The quantitative estimate of drug-likeness (QED) is 0.879. The maximum Gasteiger partial charge on any atom is 0.329 e. The SMILES string of the molecule is CCCn1c(=O)n(CCC(=O)NC2CCOCC2)c2ccccc21. The van der Waals surface area contributed by atoms with Gasteiger partial charge in [-0.1, -0.05) is 19.1 Å². The van der Waals surface area contributed by atoms with Gasteiger partial charge in [0.15, 0.2) is 0 Å². The molecule has 0 spiro atoms. The van der Waals surface area contributed by atoms with E-state index < -0.39 is 0 Å². The summed E-state index contributed by atoms with van der Waals surface area (Å²) in [6.45, 7) is 4.56. The maximum absolute atomic E-state index is 12.7. The van der Waals surface area contributed by atoms with Crippen LogP contribution in [0.25, 0.3) is 11.0 Å². The van der Waals surface area contributed by atoms with E-state index in [4.69, 9.17) is 4.74 Å². The molecule has 130 valence electrons. The highest BCUT2D eigenvalue weighted by Gasteiger charge is 2.17. The molecule has 24 heavy (non-hydrogen) atoms. The van der Waals surface area contributed by atoms with Gasteiger partial charge in [0.05, 0.1) is 11.0 Å². The minimum atomic E-state index is -0.0306. The van der Waals surface area contributed by atoms with Gasteiger partial charge in [-0.3, -0.25) is 13.9 Å². The molecule has 3 rings (SSSR count). The van der Waals surface area contributed by atoms with Crippen LogP contribution in [-0.2, 0) is 22.6 Å². The predicted octanol–water partition coefficient (Wildman–Crippen LogP) is 1.90. The fraction of sp³-hybridized carbons (Fsp3) is 0.556. The van der Waals surface area contributed by atoms with E-state index in [1.165, 1.54) is 0 Å². The molecule has 0 aliphatic carbocycles. The Kier molecular flexibility index (Phi) is 5.35. The Balaban J connectivity index is 1.71. The lowest BCUT2D eigenvalue weighted by molar-refractivity contribution is -0.122. The van der Waals surface area contributed by atoms with Gasteiger partial charge in [-0.15, -0.1) is 0 Å². The molecule has 1 aromatic carbocycles. The maximum atomic E-state index is 12.7. The molecule has 2 aromatic rings. The van der Waals surface area contributed by atoms with Gasteiger partial charge in [0, 0.05) is 38.8 Å². The number of carbonyl (C=O) groups excluding carboxylic acids is 1. The summed E-state index contributed by atoms with van der Waals surface area (Å²) >= 11 is 0. The molecule has 1 aliphatic heterocycles. The molecule has 1 amide bonds. The van der Waals surface area contributed by atoms with Crippen LogP contribution in [0.1, 0.15) is 32.6 Å². The number of amides is 1. The van der Waals surface area contributed by atoms with E-state index in [-0.39, 0.29) is 17.6 Å². The van der Waals surface area contributed by atoms with E-state index >= 15 is 0 Å². The number of fused-ring (bicyclic) bond motifs is 1. The van der Waals surface area contributed by atoms with Gasteiger partial charge in [-0.2, -0.15) is 0 Å².